The van der Waals surface area contributed by atoms with E-state index >= 15 is 0 Å². The first kappa shape index (κ1) is 9.44. The van der Waals surface area contributed by atoms with Gasteiger partial charge in [-0.25, -0.2) is 3.97 Å². The van der Waals surface area contributed by atoms with E-state index in [2.05, 4.69) is 10.5 Å². The molecule has 0 amide bonds. The molecule has 0 aromatic heterocycles. The Labute approximate surface area is 56.5 Å². The van der Waals surface area contributed by atoms with E-state index in [0.717, 1.165) is 0 Å². The fraction of sp³-hybridized carbons (Fsp3) is 0. The zero-order valence-electron chi connectivity index (χ0n) is 4.32. The minimum atomic E-state index is -3.82. The maximum absolute atomic E-state index is 11.8. The van der Waals surface area contributed by atoms with Crippen molar-refractivity contribution in [3.8, 4) is 0 Å². The minimum Gasteiger partial charge on any atom is -0.206 e. The van der Waals surface area contributed by atoms with Gasteiger partial charge >= 0.3 is 0 Å². The third-order valence-electron chi connectivity index (χ3n) is 0.379. The molecule has 0 bridgehead atoms. The van der Waals surface area contributed by atoms with Crippen molar-refractivity contribution in [2.24, 2.45) is 0 Å². The van der Waals surface area contributed by atoms with Gasteiger partial charge in [0, 0.05) is 0 Å². The Morgan fingerprint density at radius 2 is 2.22 bits per heavy atom. The van der Waals surface area contributed by atoms with Gasteiger partial charge in [-0.2, -0.15) is 12.6 Å². The lowest BCUT2D eigenvalue weighted by Crippen LogP contribution is -1.92. The Bertz CT molecular complexity index is 186. The SMILES string of the molecule is C=CS(=O)(=O)OP(F)P. The second-order valence-corrected chi connectivity index (χ2v) is 4.68. The molecular formula is C2H5FO3P2S. The molecule has 0 aliphatic rings. The van der Waals surface area contributed by atoms with Crippen molar-refractivity contribution in [3.63, 3.8) is 0 Å². The summed E-state index contributed by atoms with van der Waals surface area (Å²) in [6.07, 6.45) is 0. The van der Waals surface area contributed by atoms with Gasteiger partial charge in [0.1, 0.15) is 0 Å². The van der Waals surface area contributed by atoms with E-state index in [-0.39, 0.29) is 0 Å². The van der Waals surface area contributed by atoms with Crippen LogP contribution in [0.4, 0.5) is 4.20 Å². The summed E-state index contributed by atoms with van der Waals surface area (Å²) >= 11 is 0. The fourth-order valence-corrected chi connectivity index (χ4v) is 2.25. The molecule has 0 aromatic rings. The molecule has 0 fully saturated rings. The molecule has 0 aliphatic carbocycles. The second kappa shape index (κ2) is 3.57. The molecule has 0 saturated heterocycles. The first-order valence-corrected chi connectivity index (χ1v) is 5.99. The van der Waals surface area contributed by atoms with E-state index in [4.69, 9.17) is 0 Å². The van der Waals surface area contributed by atoms with Crippen molar-refractivity contribution in [3.05, 3.63) is 12.0 Å². The molecule has 3 nitrogen and oxygen atoms in total. The second-order valence-electron chi connectivity index (χ2n) is 1.01. The van der Waals surface area contributed by atoms with Crippen LogP contribution in [0.25, 0.3) is 0 Å². The zero-order chi connectivity index (χ0) is 7.49. The Balaban J connectivity index is 4.05. The average Bonchev–Trinajstić information content (AvgIpc) is 1.63. The van der Waals surface area contributed by atoms with Gasteiger partial charge in [0.2, 0.25) is 0 Å². The minimum absolute atomic E-state index is 0.548. The topological polar surface area (TPSA) is 43.4 Å². The maximum atomic E-state index is 11.8. The number of hydrogen-bond donors (Lipinski definition) is 0. The van der Waals surface area contributed by atoms with Crippen molar-refractivity contribution in [1.29, 1.82) is 0 Å². The smallest absolute Gasteiger partial charge is 0.206 e. The quantitative estimate of drug-likeness (QED) is 0.634. The zero-order valence-corrected chi connectivity index (χ0v) is 7.19. The summed E-state index contributed by atoms with van der Waals surface area (Å²) in [6.45, 7) is 2.91. The van der Waals surface area contributed by atoms with Crippen molar-refractivity contribution < 1.29 is 16.6 Å². The first-order chi connectivity index (χ1) is 3.98. The molecule has 0 rings (SSSR count). The molecule has 9 heavy (non-hydrogen) atoms. The van der Waals surface area contributed by atoms with Gasteiger partial charge in [-0.15, -0.1) is 0 Å². The highest BCUT2D eigenvalue weighted by Crippen LogP contribution is 2.48. The van der Waals surface area contributed by atoms with E-state index in [1.165, 1.54) is 0 Å². The van der Waals surface area contributed by atoms with E-state index in [1.807, 2.05) is 0 Å². The van der Waals surface area contributed by atoms with Crippen molar-refractivity contribution in [2.75, 3.05) is 0 Å². The van der Waals surface area contributed by atoms with Gasteiger partial charge in [-0.05, 0) is 8.93 Å². The van der Waals surface area contributed by atoms with Gasteiger partial charge in [-0.1, -0.05) is 6.58 Å². The van der Waals surface area contributed by atoms with Crippen LogP contribution in [-0.2, 0) is 14.1 Å². The molecule has 0 aromatic carbocycles. The van der Waals surface area contributed by atoms with E-state index in [1.54, 1.807) is 8.93 Å². The molecule has 0 aliphatic heterocycles. The van der Waals surface area contributed by atoms with Gasteiger partial charge in [-0.3, -0.25) is 0 Å². The first-order valence-electron chi connectivity index (χ1n) is 1.75. The van der Waals surface area contributed by atoms with Crippen LogP contribution in [0.15, 0.2) is 12.0 Å². The van der Waals surface area contributed by atoms with Crippen molar-refractivity contribution in [1.82, 2.24) is 0 Å². The van der Waals surface area contributed by atoms with Crippen LogP contribution < -0.4 is 0 Å². The van der Waals surface area contributed by atoms with Crippen molar-refractivity contribution in [2.45, 2.75) is 0 Å². The Morgan fingerprint density at radius 1 is 1.78 bits per heavy atom. The number of hydrogen-bond acceptors (Lipinski definition) is 3. The van der Waals surface area contributed by atoms with Gasteiger partial charge < -0.3 is 0 Å². The monoisotopic (exact) mass is 190 g/mol. The van der Waals surface area contributed by atoms with E-state index < -0.39 is 18.3 Å². The van der Waals surface area contributed by atoms with Crippen LogP contribution in [-0.4, -0.2) is 8.42 Å². The summed E-state index contributed by atoms with van der Waals surface area (Å²) in [7, 11) is -4.66. The summed E-state index contributed by atoms with van der Waals surface area (Å²) in [4.78, 5) is 0. The highest BCUT2D eigenvalue weighted by molar-refractivity contribution is 8.12. The molecule has 0 radical (unpaired) electrons. The summed E-state index contributed by atoms with van der Waals surface area (Å²) in [5.41, 5.74) is 0. The number of rotatable bonds is 3. The van der Waals surface area contributed by atoms with E-state index in [0.29, 0.717) is 5.41 Å². The highest BCUT2D eigenvalue weighted by Gasteiger charge is 2.10. The Hall–Kier alpha value is 0.440. The standard InChI is InChI=1S/C2H5FO3P2S/c1-2-9(4,5)6-8(3)7/h2H,1,7H2. The molecule has 2 atom stereocenters. The lowest BCUT2D eigenvalue weighted by Gasteiger charge is -1.97. The van der Waals surface area contributed by atoms with Crippen LogP contribution in [0, 0.1) is 0 Å². The molecule has 0 heterocycles. The lowest BCUT2D eigenvalue weighted by molar-refractivity contribution is 0.511. The van der Waals surface area contributed by atoms with Crippen LogP contribution in [0.1, 0.15) is 0 Å². The number of halogens is 1. The Kier molecular flexibility index (Phi) is 3.74. The molecular weight excluding hydrogens is 185 g/mol. The fourth-order valence-electron chi connectivity index (χ4n) is 0.130. The van der Waals surface area contributed by atoms with Crippen LogP contribution in [0.3, 0.4) is 0 Å². The molecule has 7 heteroatoms. The van der Waals surface area contributed by atoms with Gasteiger partial charge in [0.05, 0.1) is 5.41 Å². The Morgan fingerprint density at radius 3 is 2.33 bits per heavy atom. The van der Waals surface area contributed by atoms with Gasteiger partial charge in [0.15, 0.2) is 0 Å². The third kappa shape index (κ3) is 4.91. The molecule has 2 unspecified atom stereocenters. The summed E-state index contributed by atoms with van der Waals surface area (Å²) in [5.74, 6) is 0. The lowest BCUT2D eigenvalue weighted by atomic mass is 11.3. The predicted octanol–water partition coefficient (Wildman–Crippen LogP) is 1.55. The molecule has 0 spiro atoms. The normalized spacial score (nSPS) is 14.9. The van der Waals surface area contributed by atoms with Crippen molar-refractivity contribution >= 4 is 27.2 Å². The van der Waals surface area contributed by atoms with Crippen LogP contribution in [0.5, 0.6) is 0 Å². The summed E-state index contributed by atoms with van der Waals surface area (Å²) in [6, 6.07) is 0. The van der Waals surface area contributed by atoms with E-state index in [9.17, 15) is 12.6 Å². The summed E-state index contributed by atoms with van der Waals surface area (Å²) < 4.78 is 36.0. The largest absolute Gasteiger partial charge is 0.295 e. The molecule has 0 N–H and O–H groups in total. The van der Waals surface area contributed by atoms with Crippen LogP contribution >= 0.6 is 17.1 Å². The van der Waals surface area contributed by atoms with Crippen LogP contribution in [0.2, 0.25) is 0 Å². The van der Waals surface area contributed by atoms with Gasteiger partial charge in [0.25, 0.3) is 18.3 Å². The average molecular weight is 190 g/mol. The highest BCUT2D eigenvalue weighted by atomic mass is 32.3. The molecule has 0 saturated carbocycles. The predicted molar refractivity (Wildman–Crippen MR) is 37.9 cm³/mol. The maximum Gasteiger partial charge on any atom is 0.295 e. The summed E-state index contributed by atoms with van der Waals surface area (Å²) in [5, 5.41) is 0.548. The third-order valence-corrected chi connectivity index (χ3v) is 2.96. The molecule has 54 valence electrons.